The average molecular weight is 379 g/mol. The monoisotopic (exact) mass is 378 g/mol. The number of hydrogen-bond acceptors (Lipinski definition) is 5. The third-order valence-electron chi connectivity index (χ3n) is 4.01. The summed E-state index contributed by atoms with van der Waals surface area (Å²) in [5.74, 6) is 2.03. The van der Waals surface area contributed by atoms with E-state index in [0.717, 1.165) is 35.7 Å². The lowest BCUT2D eigenvalue weighted by atomic mass is 10.1. The van der Waals surface area contributed by atoms with Crippen molar-refractivity contribution in [2.75, 3.05) is 32.7 Å². The number of methoxy groups -OCH3 is 2. The van der Waals surface area contributed by atoms with Gasteiger partial charge < -0.3 is 24.8 Å². The Bertz CT molecular complexity index is 767. The summed E-state index contributed by atoms with van der Waals surface area (Å²) in [6, 6.07) is 11.2. The van der Waals surface area contributed by atoms with Crippen LogP contribution in [0, 0.1) is 0 Å². The molecule has 1 amide bonds. The van der Waals surface area contributed by atoms with Crippen molar-refractivity contribution in [1.29, 1.82) is 0 Å². The average Bonchev–Trinajstić information content (AvgIpc) is 2.86. The number of amides is 1. The molecule has 1 aliphatic rings. The van der Waals surface area contributed by atoms with Crippen molar-refractivity contribution in [3.8, 4) is 17.2 Å². The molecule has 0 spiro atoms. The molecule has 7 heteroatoms. The Morgan fingerprint density at radius 3 is 2.73 bits per heavy atom. The van der Waals surface area contributed by atoms with E-state index in [1.807, 2.05) is 30.3 Å². The van der Waals surface area contributed by atoms with E-state index in [1.54, 1.807) is 20.3 Å². The minimum Gasteiger partial charge on any atom is -0.493 e. The molecule has 140 valence electrons. The molecule has 0 bridgehead atoms. The van der Waals surface area contributed by atoms with Gasteiger partial charge in [-0.15, -0.1) is 12.4 Å². The Kier molecular flexibility index (Phi) is 7.12. The fourth-order valence-electron chi connectivity index (χ4n) is 2.77. The second-order valence-corrected chi connectivity index (χ2v) is 5.76. The van der Waals surface area contributed by atoms with Crippen molar-refractivity contribution >= 4 is 24.0 Å². The van der Waals surface area contributed by atoms with Crippen LogP contribution < -0.4 is 24.8 Å². The van der Waals surface area contributed by atoms with E-state index < -0.39 is 0 Å². The summed E-state index contributed by atoms with van der Waals surface area (Å²) in [5.41, 5.74) is 2.66. The van der Waals surface area contributed by atoms with Crippen LogP contribution >= 0.6 is 12.4 Å². The normalized spacial score (nSPS) is 12.7. The molecule has 0 aliphatic carbocycles. The summed E-state index contributed by atoms with van der Waals surface area (Å²) >= 11 is 0. The Morgan fingerprint density at radius 2 is 1.96 bits per heavy atom. The lowest BCUT2D eigenvalue weighted by Crippen LogP contribution is -2.16. The molecule has 3 rings (SSSR count). The molecule has 26 heavy (non-hydrogen) atoms. The lowest BCUT2D eigenvalue weighted by Gasteiger charge is -2.11. The number of benzene rings is 2. The fraction of sp³-hybridized carbons (Fsp3) is 0.316. The lowest BCUT2D eigenvalue weighted by molar-refractivity contribution is -0.115. The van der Waals surface area contributed by atoms with Crippen molar-refractivity contribution in [1.82, 2.24) is 5.32 Å². The Labute approximate surface area is 159 Å². The van der Waals surface area contributed by atoms with Crippen LogP contribution in [0.15, 0.2) is 36.4 Å². The van der Waals surface area contributed by atoms with Crippen LogP contribution in [0.5, 0.6) is 17.2 Å². The highest BCUT2D eigenvalue weighted by Gasteiger charge is 2.12. The van der Waals surface area contributed by atoms with Crippen LogP contribution in [0.4, 0.5) is 5.69 Å². The van der Waals surface area contributed by atoms with Gasteiger partial charge in [0.2, 0.25) is 5.91 Å². The number of fused-ring (bicyclic) bond motifs is 1. The molecule has 1 heterocycles. The van der Waals surface area contributed by atoms with Crippen LogP contribution in [-0.4, -0.2) is 33.3 Å². The van der Waals surface area contributed by atoms with Crippen LogP contribution in [0.2, 0.25) is 0 Å². The zero-order valence-corrected chi connectivity index (χ0v) is 15.7. The van der Waals surface area contributed by atoms with Gasteiger partial charge in [0.25, 0.3) is 0 Å². The summed E-state index contributed by atoms with van der Waals surface area (Å²) < 4.78 is 16.1. The summed E-state index contributed by atoms with van der Waals surface area (Å²) in [6.45, 7) is 2.20. The number of carbonyl (C=O) groups excluding carboxylic acids is 1. The van der Waals surface area contributed by atoms with E-state index in [1.165, 1.54) is 0 Å². The third kappa shape index (κ3) is 4.80. The van der Waals surface area contributed by atoms with E-state index in [0.29, 0.717) is 18.1 Å². The molecule has 0 aromatic heterocycles. The predicted octanol–water partition coefficient (Wildman–Crippen LogP) is 2.79. The molecular formula is C19H23ClN2O4. The van der Waals surface area contributed by atoms with Crippen molar-refractivity contribution in [3.05, 3.63) is 47.5 Å². The fourth-order valence-corrected chi connectivity index (χ4v) is 2.77. The van der Waals surface area contributed by atoms with Gasteiger partial charge in [-0.2, -0.15) is 0 Å². The Balaban J connectivity index is 0.00000243. The van der Waals surface area contributed by atoms with Crippen molar-refractivity contribution < 1.29 is 19.0 Å². The molecule has 0 atom stereocenters. The molecule has 0 fully saturated rings. The first kappa shape index (κ1) is 19.9. The predicted molar refractivity (Wildman–Crippen MR) is 103 cm³/mol. The number of halogens is 1. The molecule has 1 aliphatic heterocycles. The molecule has 0 radical (unpaired) electrons. The third-order valence-corrected chi connectivity index (χ3v) is 4.01. The largest absolute Gasteiger partial charge is 0.493 e. The molecule has 2 N–H and O–H groups in total. The Morgan fingerprint density at radius 1 is 1.15 bits per heavy atom. The first-order valence-electron chi connectivity index (χ1n) is 8.17. The minimum atomic E-state index is -0.0883. The van der Waals surface area contributed by atoms with Gasteiger partial charge in [-0.1, -0.05) is 6.07 Å². The standard InChI is InChI=1S/C19H22N2O4.ClH/c1-23-17-5-3-13(9-18(17)24-2)10-19(22)21-15-4-6-16-14(11-15)12-20-7-8-25-16;/h3-6,9,11,20H,7-8,10,12H2,1-2H3,(H,21,22);1H. The summed E-state index contributed by atoms with van der Waals surface area (Å²) in [5, 5.41) is 6.22. The maximum atomic E-state index is 12.3. The maximum absolute atomic E-state index is 12.3. The molecular weight excluding hydrogens is 356 g/mol. The smallest absolute Gasteiger partial charge is 0.228 e. The van der Waals surface area contributed by atoms with E-state index in [2.05, 4.69) is 10.6 Å². The maximum Gasteiger partial charge on any atom is 0.228 e. The van der Waals surface area contributed by atoms with E-state index in [9.17, 15) is 4.79 Å². The molecule has 6 nitrogen and oxygen atoms in total. The van der Waals surface area contributed by atoms with Gasteiger partial charge in [0.05, 0.1) is 20.6 Å². The number of carbonyl (C=O) groups is 1. The molecule has 0 unspecified atom stereocenters. The van der Waals surface area contributed by atoms with Gasteiger partial charge in [-0.05, 0) is 35.9 Å². The number of ether oxygens (including phenoxy) is 3. The molecule has 0 saturated heterocycles. The molecule has 0 saturated carbocycles. The Hall–Kier alpha value is -2.44. The first-order valence-corrected chi connectivity index (χ1v) is 8.17. The van der Waals surface area contributed by atoms with Gasteiger partial charge in [0.15, 0.2) is 11.5 Å². The van der Waals surface area contributed by atoms with Gasteiger partial charge in [-0.25, -0.2) is 0 Å². The minimum absolute atomic E-state index is 0. The van der Waals surface area contributed by atoms with Gasteiger partial charge in [0.1, 0.15) is 12.4 Å². The van der Waals surface area contributed by atoms with Crippen molar-refractivity contribution in [2.45, 2.75) is 13.0 Å². The quantitative estimate of drug-likeness (QED) is 0.837. The van der Waals surface area contributed by atoms with Crippen molar-refractivity contribution in [3.63, 3.8) is 0 Å². The highest BCUT2D eigenvalue weighted by atomic mass is 35.5. The van der Waals surface area contributed by atoms with Gasteiger partial charge in [0, 0.05) is 24.3 Å². The first-order chi connectivity index (χ1) is 12.2. The summed E-state index contributed by atoms with van der Waals surface area (Å²) in [4.78, 5) is 12.3. The van der Waals surface area contributed by atoms with E-state index in [4.69, 9.17) is 14.2 Å². The highest BCUT2D eigenvalue weighted by Crippen LogP contribution is 2.28. The topological polar surface area (TPSA) is 68.8 Å². The summed E-state index contributed by atoms with van der Waals surface area (Å²) in [7, 11) is 3.16. The molecule has 2 aromatic rings. The van der Waals surface area contributed by atoms with Gasteiger partial charge in [-0.3, -0.25) is 4.79 Å². The van der Waals surface area contributed by atoms with Crippen LogP contribution in [0.1, 0.15) is 11.1 Å². The molecule has 2 aromatic carbocycles. The summed E-state index contributed by atoms with van der Waals surface area (Å²) in [6.07, 6.45) is 0.256. The van der Waals surface area contributed by atoms with Gasteiger partial charge >= 0.3 is 0 Å². The van der Waals surface area contributed by atoms with E-state index >= 15 is 0 Å². The highest BCUT2D eigenvalue weighted by molar-refractivity contribution is 5.92. The van der Waals surface area contributed by atoms with Crippen LogP contribution in [-0.2, 0) is 17.8 Å². The second-order valence-electron chi connectivity index (χ2n) is 5.76. The number of hydrogen-bond donors (Lipinski definition) is 2. The van der Waals surface area contributed by atoms with E-state index in [-0.39, 0.29) is 24.7 Å². The van der Waals surface area contributed by atoms with Crippen LogP contribution in [0.3, 0.4) is 0 Å². The number of nitrogens with one attached hydrogen (secondary N) is 2. The number of rotatable bonds is 5. The number of anilines is 1. The van der Waals surface area contributed by atoms with Crippen LogP contribution in [0.25, 0.3) is 0 Å². The SMILES string of the molecule is COc1ccc(CC(=O)Nc2ccc3c(c2)CNCCO3)cc1OC.Cl. The van der Waals surface area contributed by atoms with Crippen molar-refractivity contribution in [2.24, 2.45) is 0 Å². The zero-order valence-electron chi connectivity index (χ0n) is 14.8. The second kappa shape index (κ2) is 9.31. The zero-order chi connectivity index (χ0) is 17.6.